The Morgan fingerprint density at radius 2 is 1.38 bits per heavy atom. The zero-order valence-corrected chi connectivity index (χ0v) is 16.3. The van der Waals surface area contributed by atoms with E-state index in [0.29, 0.717) is 6.04 Å². The summed E-state index contributed by atoms with van der Waals surface area (Å²) in [5, 5.41) is 0. The van der Waals surface area contributed by atoms with E-state index in [2.05, 4.69) is 85.2 Å². The van der Waals surface area contributed by atoms with Gasteiger partial charge in [0.15, 0.2) is 0 Å². The molecule has 1 atom stereocenters. The Morgan fingerprint density at radius 1 is 0.731 bits per heavy atom. The van der Waals surface area contributed by atoms with Crippen LogP contribution in [0.2, 0.25) is 0 Å². The first-order chi connectivity index (χ1) is 12.7. The largest absolute Gasteiger partial charge is 0.346 e. The molecule has 2 nitrogen and oxygen atoms in total. The Labute approximate surface area is 158 Å². The highest BCUT2D eigenvalue weighted by Crippen LogP contribution is 2.46. The molecule has 0 spiro atoms. The van der Waals surface area contributed by atoms with Crippen molar-refractivity contribution in [3.8, 4) is 0 Å². The number of aryl methyl sites for hydroxylation is 1. The predicted molar refractivity (Wildman–Crippen MR) is 110 cm³/mol. The Morgan fingerprint density at radius 3 is 2.08 bits per heavy atom. The molecule has 1 aliphatic carbocycles. The molecule has 0 N–H and O–H groups in total. The summed E-state index contributed by atoms with van der Waals surface area (Å²) >= 11 is 0. The van der Waals surface area contributed by atoms with Crippen LogP contribution in [0.25, 0.3) is 0 Å². The lowest BCUT2D eigenvalue weighted by molar-refractivity contribution is 0.163. The lowest BCUT2D eigenvalue weighted by Gasteiger charge is -2.41. The highest BCUT2D eigenvalue weighted by Gasteiger charge is 2.40. The predicted octanol–water partition coefficient (Wildman–Crippen LogP) is 6.40. The molecule has 26 heavy (non-hydrogen) atoms. The van der Waals surface area contributed by atoms with Crippen molar-refractivity contribution >= 4 is 5.69 Å². The van der Waals surface area contributed by atoms with Crippen LogP contribution in [0.3, 0.4) is 0 Å². The summed E-state index contributed by atoms with van der Waals surface area (Å²) in [6.45, 7) is 6.84. The van der Waals surface area contributed by atoms with E-state index in [9.17, 15) is 0 Å². The summed E-state index contributed by atoms with van der Waals surface area (Å²) in [5.74, 6) is 0. The van der Waals surface area contributed by atoms with Crippen LogP contribution in [0.5, 0.6) is 0 Å². The van der Waals surface area contributed by atoms with Gasteiger partial charge in [-0.15, -0.1) is 0 Å². The number of para-hydroxylation sites is 1. The molecule has 1 saturated carbocycles. The minimum atomic E-state index is 0.264. The molecule has 1 heterocycles. The van der Waals surface area contributed by atoms with E-state index < -0.39 is 0 Å². The van der Waals surface area contributed by atoms with Gasteiger partial charge in [-0.05, 0) is 50.8 Å². The van der Waals surface area contributed by atoms with Crippen molar-refractivity contribution in [3.63, 3.8) is 0 Å². The zero-order valence-electron chi connectivity index (χ0n) is 16.3. The van der Waals surface area contributed by atoms with Gasteiger partial charge in [0.05, 0.1) is 0 Å². The van der Waals surface area contributed by atoms with Crippen LogP contribution in [0, 0.1) is 6.92 Å². The number of hydrogen-bond donors (Lipinski definition) is 0. The van der Waals surface area contributed by atoms with E-state index in [0.717, 1.165) is 0 Å². The van der Waals surface area contributed by atoms with Gasteiger partial charge in [-0.2, -0.15) is 0 Å². The third kappa shape index (κ3) is 2.92. The number of allylic oxidation sites excluding steroid dienone is 2. The summed E-state index contributed by atoms with van der Waals surface area (Å²) in [6, 6.07) is 20.5. The average Bonchev–Trinajstić information content (AvgIpc) is 2.95. The number of anilines is 1. The van der Waals surface area contributed by atoms with Gasteiger partial charge in [0, 0.05) is 23.1 Å². The van der Waals surface area contributed by atoms with Crippen LogP contribution >= 0.6 is 0 Å². The number of nitrogens with zero attached hydrogens (tertiary/aromatic N) is 2. The minimum Gasteiger partial charge on any atom is -0.346 e. The van der Waals surface area contributed by atoms with Crippen molar-refractivity contribution in [1.29, 1.82) is 0 Å². The molecule has 0 aromatic heterocycles. The first-order valence-electron chi connectivity index (χ1n) is 10.0. The molecule has 2 aromatic carbocycles. The molecule has 4 rings (SSSR count). The van der Waals surface area contributed by atoms with E-state index >= 15 is 0 Å². The molecule has 136 valence electrons. The highest BCUT2D eigenvalue weighted by molar-refractivity contribution is 5.61. The smallest absolute Gasteiger partial charge is 0.132 e. The number of rotatable bonds is 3. The third-order valence-electron chi connectivity index (χ3n) is 6.22. The Hall–Kier alpha value is -2.22. The summed E-state index contributed by atoms with van der Waals surface area (Å²) in [6.07, 6.45) is 7.01. The van der Waals surface area contributed by atoms with Crippen LogP contribution in [-0.2, 0) is 0 Å². The maximum atomic E-state index is 2.72. The van der Waals surface area contributed by atoms with Crippen molar-refractivity contribution in [2.45, 2.75) is 65.1 Å². The van der Waals surface area contributed by atoms with Crippen molar-refractivity contribution in [2.24, 2.45) is 0 Å². The van der Waals surface area contributed by atoms with E-state index in [-0.39, 0.29) is 6.17 Å². The second-order valence-electron chi connectivity index (χ2n) is 7.81. The fourth-order valence-corrected chi connectivity index (χ4v) is 4.77. The quantitative estimate of drug-likeness (QED) is 0.634. The summed E-state index contributed by atoms with van der Waals surface area (Å²) in [4.78, 5) is 5.28. The van der Waals surface area contributed by atoms with Gasteiger partial charge in [-0.25, -0.2) is 0 Å². The lowest BCUT2D eigenvalue weighted by Crippen LogP contribution is -2.40. The minimum absolute atomic E-state index is 0.264. The molecule has 2 aliphatic rings. The number of hydrogen-bond acceptors (Lipinski definition) is 2. The van der Waals surface area contributed by atoms with E-state index in [4.69, 9.17) is 0 Å². The van der Waals surface area contributed by atoms with Crippen LogP contribution < -0.4 is 4.90 Å². The second kappa shape index (κ2) is 7.19. The summed E-state index contributed by atoms with van der Waals surface area (Å²) in [7, 11) is 0. The molecule has 0 amide bonds. The molecule has 1 fully saturated rings. The Kier molecular flexibility index (Phi) is 4.76. The van der Waals surface area contributed by atoms with Crippen molar-refractivity contribution < 1.29 is 0 Å². The Balaban J connectivity index is 1.83. The molecule has 2 aromatic rings. The van der Waals surface area contributed by atoms with Gasteiger partial charge in [0.1, 0.15) is 6.17 Å². The molecule has 1 unspecified atom stereocenters. The molecular weight excluding hydrogens is 316 g/mol. The van der Waals surface area contributed by atoms with Gasteiger partial charge >= 0.3 is 0 Å². The molecular formula is C24H30N2. The van der Waals surface area contributed by atoms with Crippen LogP contribution in [0.4, 0.5) is 5.69 Å². The van der Waals surface area contributed by atoms with E-state index in [1.54, 1.807) is 0 Å². The monoisotopic (exact) mass is 346 g/mol. The second-order valence-corrected chi connectivity index (χ2v) is 7.81. The maximum absolute atomic E-state index is 2.72. The fourth-order valence-electron chi connectivity index (χ4n) is 4.77. The zero-order chi connectivity index (χ0) is 18.1. The van der Waals surface area contributed by atoms with Gasteiger partial charge in [0.25, 0.3) is 0 Å². The van der Waals surface area contributed by atoms with Crippen LogP contribution in [-0.4, -0.2) is 10.9 Å². The van der Waals surface area contributed by atoms with Gasteiger partial charge in [-0.3, -0.25) is 0 Å². The maximum Gasteiger partial charge on any atom is 0.132 e. The summed E-state index contributed by atoms with van der Waals surface area (Å²) in [5.41, 5.74) is 6.88. The van der Waals surface area contributed by atoms with E-state index in [1.807, 2.05) is 0 Å². The molecule has 1 aliphatic heterocycles. The topological polar surface area (TPSA) is 6.48 Å². The van der Waals surface area contributed by atoms with Gasteiger partial charge < -0.3 is 9.80 Å². The lowest BCUT2D eigenvalue weighted by atomic mass is 9.93. The summed E-state index contributed by atoms with van der Waals surface area (Å²) < 4.78 is 0. The van der Waals surface area contributed by atoms with Gasteiger partial charge in [-0.1, -0.05) is 67.8 Å². The molecule has 2 heteroatoms. The SMILES string of the molecule is CC1=C(C)N(C2CCCCC2)C(c2ccccc2)N1c1ccccc1C. The first-order valence-corrected chi connectivity index (χ1v) is 10.0. The number of benzene rings is 2. The van der Waals surface area contributed by atoms with Crippen molar-refractivity contribution in [2.75, 3.05) is 4.90 Å². The van der Waals surface area contributed by atoms with E-state index in [1.165, 1.54) is 60.3 Å². The standard InChI is InChI=1S/C24H30N2/c1-18-12-10-11-17-23(18)26-20(3)19(2)25(22-15-8-5-9-16-22)24(26)21-13-6-4-7-14-21/h4,6-7,10-14,17,22,24H,5,8-9,15-16H2,1-3H3. The average molecular weight is 347 g/mol. The fraction of sp³-hybridized carbons (Fsp3) is 0.417. The van der Waals surface area contributed by atoms with Crippen molar-refractivity contribution in [1.82, 2.24) is 4.90 Å². The molecule has 0 radical (unpaired) electrons. The highest BCUT2D eigenvalue weighted by atomic mass is 15.4. The third-order valence-corrected chi connectivity index (χ3v) is 6.22. The Bertz CT molecular complexity index is 787. The first kappa shape index (κ1) is 17.2. The van der Waals surface area contributed by atoms with Crippen LogP contribution in [0.1, 0.15) is 63.2 Å². The normalized spacial score (nSPS) is 21.6. The van der Waals surface area contributed by atoms with Crippen LogP contribution in [0.15, 0.2) is 66.0 Å². The molecule has 0 saturated heterocycles. The van der Waals surface area contributed by atoms with Crippen molar-refractivity contribution in [3.05, 3.63) is 77.1 Å². The van der Waals surface area contributed by atoms with Gasteiger partial charge in [0.2, 0.25) is 0 Å². The molecule has 0 bridgehead atoms.